The number of rotatable bonds is 16. The van der Waals surface area contributed by atoms with E-state index in [1.165, 1.54) is 12.0 Å². The summed E-state index contributed by atoms with van der Waals surface area (Å²) in [6.45, 7) is 4.28. The lowest BCUT2D eigenvalue weighted by Crippen LogP contribution is -2.42. The molecule has 3 aromatic rings. The first kappa shape index (κ1) is 34.6. The van der Waals surface area contributed by atoms with Crippen molar-refractivity contribution in [3.63, 3.8) is 0 Å². The fourth-order valence-electron chi connectivity index (χ4n) is 4.87. The second-order valence-corrected chi connectivity index (χ2v) is 10.7. The second-order valence-electron chi connectivity index (χ2n) is 10.7. The molecule has 0 spiro atoms. The molecule has 0 saturated heterocycles. The van der Waals surface area contributed by atoms with Gasteiger partial charge in [0.05, 0.1) is 25.8 Å². The smallest absolute Gasteiger partial charge is 0.319 e. The molecule has 0 saturated carbocycles. The van der Waals surface area contributed by atoms with Crippen molar-refractivity contribution in [2.24, 2.45) is 5.92 Å². The van der Waals surface area contributed by atoms with Crippen LogP contribution in [0.5, 0.6) is 5.75 Å². The first-order valence-electron chi connectivity index (χ1n) is 15.3. The van der Waals surface area contributed by atoms with Crippen molar-refractivity contribution in [3.05, 3.63) is 84.4 Å². The topological polar surface area (TPSA) is 117 Å². The van der Waals surface area contributed by atoms with Gasteiger partial charge in [0.2, 0.25) is 5.91 Å². The zero-order chi connectivity index (χ0) is 32.6. The highest BCUT2D eigenvalue weighted by atomic mass is 16.5. The number of esters is 1. The van der Waals surface area contributed by atoms with Crippen LogP contribution in [0.25, 0.3) is 0 Å². The number of hydrogen-bond acceptors (Lipinski definition) is 6. The predicted molar refractivity (Wildman–Crippen MR) is 177 cm³/mol. The van der Waals surface area contributed by atoms with Crippen LogP contribution in [0.15, 0.2) is 78.9 Å². The van der Waals surface area contributed by atoms with Gasteiger partial charge in [-0.15, -0.1) is 0 Å². The Morgan fingerprint density at radius 1 is 0.867 bits per heavy atom. The van der Waals surface area contributed by atoms with E-state index in [1.54, 1.807) is 54.4 Å². The number of carbonyl (C=O) groups is 4. The van der Waals surface area contributed by atoms with Gasteiger partial charge in [0.15, 0.2) is 6.61 Å². The SMILES string of the molecule is CCC(CC)CCCN(C(=O)CNC(=O)Nc1cccc(CC(=O)OC)c1)c1ccccc1OCC(=O)N(C)c1ccccc1. The van der Waals surface area contributed by atoms with Crippen LogP contribution in [-0.2, 0) is 25.5 Å². The van der Waals surface area contributed by atoms with E-state index >= 15 is 0 Å². The summed E-state index contributed by atoms with van der Waals surface area (Å²) in [5.74, 6) is 0.00589. The summed E-state index contributed by atoms with van der Waals surface area (Å²) in [5.41, 5.74) is 2.44. The van der Waals surface area contributed by atoms with Gasteiger partial charge in [0.25, 0.3) is 5.91 Å². The van der Waals surface area contributed by atoms with Gasteiger partial charge in [0.1, 0.15) is 5.75 Å². The van der Waals surface area contributed by atoms with Crippen LogP contribution in [0, 0.1) is 5.92 Å². The molecule has 2 N–H and O–H groups in total. The van der Waals surface area contributed by atoms with E-state index in [1.807, 2.05) is 36.4 Å². The number of ether oxygens (including phenoxy) is 2. The Labute approximate surface area is 265 Å². The third-order valence-corrected chi connectivity index (χ3v) is 7.64. The molecule has 10 heteroatoms. The van der Waals surface area contributed by atoms with Gasteiger partial charge >= 0.3 is 12.0 Å². The fraction of sp³-hybridized carbons (Fsp3) is 0.371. The molecule has 0 fully saturated rings. The lowest BCUT2D eigenvalue weighted by atomic mass is 9.97. The minimum atomic E-state index is -0.561. The van der Waals surface area contributed by atoms with Crippen LogP contribution in [0.2, 0.25) is 0 Å². The van der Waals surface area contributed by atoms with Gasteiger partial charge < -0.3 is 29.9 Å². The van der Waals surface area contributed by atoms with Crippen molar-refractivity contribution in [3.8, 4) is 5.75 Å². The Balaban J connectivity index is 1.70. The Bertz CT molecular complexity index is 1410. The van der Waals surface area contributed by atoms with E-state index in [2.05, 4.69) is 24.5 Å². The standard InChI is InChI=1S/C35H44N4O6/c1-5-26(6-2)15-13-21-39(32(40)24-36-35(43)37-28-16-12-14-27(22-28)23-34(42)44-4)30-19-10-11-20-31(30)45-25-33(41)38(3)29-17-8-7-9-18-29/h7-12,14,16-20,22,26H,5-6,13,15,21,23-25H2,1-4H3,(H2,36,37,43). The molecule has 0 bridgehead atoms. The molecule has 0 aliphatic carbocycles. The molecule has 4 amide bonds. The second kappa shape index (κ2) is 18.1. The van der Waals surface area contributed by atoms with E-state index in [0.29, 0.717) is 35.2 Å². The average Bonchev–Trinajstić information content (AvgIpc) is 3.06. The van der Waals surface area contributed by atoms with Crippen LogP contribution in [0.4, 0.5) is 21.9 Å². The van der Waals surface area contributed by atoms with Crippen LogP contribution < -0.4 is 25.2 Å². The molecule has 0 aromatic heterocycles. The van der Waals surface area contributed by atoms with Gasteiger partial charge in [0, 0.05) is 25.0 Å². The lowest BCUT2D eigenvalue weighted by Gasteiger charge is -2.26. The molecular weight excluding hydrogens is 572 g/mol. The molecule has 0 radical (unpaired) electrons. The van der Waals surface area contributed by atoms with Crippen molar-refractivity contribution in [1.82, 2.24) is 5.32 Å². The highest BCUT2D eigenvalue weighted by Crippen LogP contribution is 2.29. The number of amides is 4. The maximum atomic E-state index is 13.6. The zero-order valence-electron chi connectivity index (χ0n) is 26.6. The molecule has 3 rings (SSSR count). The Kier molecular flexibility index (Phi) is 13.9. The largest absolute Gasteiger partial charge is 0.482 e. The van der Waals surface area contributed by atoms with Crippen molar-refractivity contribution in [2.75, 3.05) is 49.0 Å². The van der Waals surface area contributed by atoms with Crippen LogP contribution >= 0.6 is 0 Å². The first-order chi connectivity index (χ1) is 21.7. The number of nitrogens with one attached hydrogen (secondary N) is 2. The van der Waals surface area contributed by atoms with Crippen LogP contribution in [-0.4, -0.2) is 57.7 Å². The molecule has 0 aliphatic rings. The number of urea groups is 1. The Morgan fingerprint density at radius 3 is 2.29 bits per heavy atom. The normalized spacial score (nSPS) is 10.6. The number of methoxy groups -OCH3 is 1. The molecule has 0 aliphatic heterocycles. The van der Waals surface area contributed by atoms with Gasteiger partial charge in [-0.05, 0) is 60.7 Å². The maximum Gasteiger partial charge on any atom is 0.319 e. The average molecular weight is 617 g/mol. The van der Waals surface area contributed by atoms with Gasteiger partial charge in [-0.3, -0.25) is 14.4 Å². The van der Waals surface area contributed by atoms with Crippen molar-refractivity contribution >= 4 is 40.9 Å². The lowest BCUT2D eigenvalue weighted by molar-refractivity contribution is -0.139. The minimum absolute atomic E-state index is 0.0770. The zero-order valence-corrected chi connectivity index (χ0v) is 26.6. The first-order valence-corrected chi connectivity index (χ1v) is 15.3. The molecule has 0 atom stereocenters. The molecule has 45 heavy (non-hydrogen) atoms. The number of benzene rings is 3. The number of anilines is 3. The minimum Gasteiger partial charge on any atom is -0.482 e. The molecular formula is C35H44N4O6. The highest BCUT2D eigenvalue weighted by molar-refractivity contribution is 5.99. The Hall–Kier alpha value is -4.86. The van der Waals surface area contributed by atoms with Crippen LogP contribution in [0.1, 0.15) is 45.1 Å². The number of hydrogen-bond donors (Lipinski definition) is 2. The van der Waals surface area contributed by atoms with E-state index in [-0.39, 0.29) is 37.4 Å². The van der Waals surface area contributed by atoms with Gasteiger partial charge in [-0.2, -0.15) is 0 Å². The van der Waals surface area contributed by atoms with E-state index < -0.39 is 6.03 Å². The van der Waals surface area contributed by atoms with Crippen molar-refractivity contribution in [2.45, 2.75) is 46.0 Å². The van der Waals surface area contributed by atoms with E-state index in [4.69, 9.17) is 9.47 Å². The number of likely N-dealkylation sites (N-methyl/N-ethyl adjacent to an activating group) is 1. The quantitative estimate of drug-likeness (QED) is 0.196. The Morgan fingerprint density at radius 2 is 1.58 bits per heavy atom. The molecule has 10 nitrogen and oxygen atoms in total. The molecule has 0 heterocycles. The summed E-state index contributed by atoms with van der Waals surface area (Å²) in [6.07, 6.45) is 3.92. The summed E-state index contributed by atoms with van der Waals surface area (Å²) in [7, 11) is 3.01. The molecule has 3 aromatic carbocycles. The molecule has 240 valence electrons. The van der Waals surface area contributed by atoms with Crippen molar-refractivity contribution < 1.29 is 28.7 Å². The number of carbonyl (C=O) groups excluding carboxylic acids is 4. The highest BCUT2D eigenvalue weighted by Gasteiger charge is 2.22. The predicted octanol–water partition coefficient (Wildman–Crippen LogP) is 5.82. The number of nitrogens with zero attached hydrogens (tertiary/aromatic N) is 2. The monoisotopic (exact) mass is 616 g/mol. The van der Waals surface area contributed by atoms with Crippen LogP contribution in [0.3, 0.4) is 0 Å². The summed E-state index contributed by atoms with van der Waals surface area (Å²) >= 11 is 0. The number of para-hydroxylation sites is 3. The van der Waals surface area contributed by atoms with Gasteiger partial charge in [-0.1, -0.05) is 69.2 Å². The molecule has 0 unspecified atom stereocenters. The van der Waals surface area contributed by atoms with E-state index in [0.717, 1.165) is 31.4 Å². The summed E-state index contributed by atoms with van der Waals surface area (Å²) < 4.78 is 10.7. The van der Waals surface area contributed by atoms with E-state index in [9.17, 15) is 19.2 Å². The maximum absolute atomic E-state index is 13.6. The summed E-state index contributed by atoms with van der Waals surface area (Å²) in [6, 6.07) is 22.7. The fourth-order valence-corrected chi connectivity index (χ4v) is 4.87. The summed E-state index contributed by atoms with van der Waals surface area (Å²) in [5, 5.41) is 5.35. The van der Waals surface area contributed by atoms with Gasteiger partial charge in [-0.25, -0.2) is 4.79 Å². The summed E-state index contributed by atoms with van der Waals surface area (Å²) in [4.78, 5) is 54.0. The van der Waals surface area contributed by atoms with Crippen molar-refractivity contribution in [1.29, 1.82) is 0 Å². The third-order valence-electron chi connectivity index (χ3n) is 7.64. The third kappa shape index (κ3) is 11.0.